The van der Waals surface area contributed by atoms with Crippen LogP contribution in [0.15, 0.2) is 60.9 Å². The van der Waals surface area contributed by atoms with Gasteiger partial charge < -0.3 is 0 Å². The first-order chi connectivity index (χ1) is 10.4. The highest BCUT2D eigenvalue weighted by Crippen LogP contribution is 2.45. The zero-order valence-electron chi connectivity index (χ0n) is 11.2. The summed E-state index contributed by atoms with van der Waals surface area (Å²) in [5.74, 6) is -0.377. The first-order valence-electron chi connectivity index (χ1n) is 7.13. The van der Waals surface area contributed by atoms with Gasteiger partial charge in [-0.2, -0.15) is 0 Å². The standard InChI is InChI=1S/C17H12N4/c1-4-13-10-14(5-1)21-12-16-7-3-9-19(16)17(21)18-8-2-6-15(18)11-20(13)17/h1-12H/q+2. The quantitative estimate of drug-likeness (QED) is 0.558. The summed E-state index contributed by atoms with van der Waals surface area (Å²) in [5.41, 5.74) is 4.89. The van der Waals surface area contributed by atoms with Crippen molar-refractivity contribution in [2.45, 2.75) is 5.91 Å². The van der Waals surface area contributed by atoms with E-state index >= 15 is 0 Å². The molecule has 0 amide bonds. The molecule has 5 heterocycles. The molecule has 0 radical (unpaired) electrons. The van der Waals surface area contributed by atoms with E-state index in [-0.39, 0.29) is 5.91 Å². The fourth-order valence-electron chi connectivity index (χ4n) is 3.97. The lowest BCUT2D eigenvalue weighted by Gasteiger charge is -2.25. The molecule has 0 saturated heterocycles. The molecule has 2 aromatic heterocycles. The van der Waals surface area contributed by atoms with Gasteiger partial charge in [0.2, 0.25) is 23.8 Å². The van der Waals surface area contributed by atoms with Crippen molar-refractivity contribution in [2.75, 3.05) is 0 Å². The highest BCUT2D eigenvalue weighted by Gasteiger charge is 2.67. The molecule has 0 saturated carbocycles. The molecular formula is C17H12N4+2. The number of hydrogen-bond acceptors (Lipinski definition) is 0. The van der Waals surface area contributed by atoms with E-state index in [9.17, 15) is 0 Å². The van der Waals surface area contributed by atoms with Crippen LogP contribution in [0.2, 0.25) is 0 Å². The summed E-state index contributed by atoms with van der Waals surface area (Å²) < 4.78 is 9.37. The van der Waals surface area contributed by atoms with Crippen LogP contribution in [-0.4, -0.2) is 30.7 Å². The van der Waals surface area contributed by atoms with Crippen LogP contribution >= 0.6 is 0 Å². The van der Waals surface area contributed by atoms with Gasteiger partial charge in [-0.3, -0.25) is 0 Å². The Kier molecular flexibility index (Phi) is 1.38. The van der Waals surface area contributed by atoms with Crippen LogP contribution in [0.25, 0.3) is 0 Å². The Hall–Kier alpha value is -2.88. The van der Waals surface area contributed by atoms with Gasteiger partial charge in [-0.25, -0.2) is 9.13 Å². The molecule has 98 valence electrons. The highest BCUT2D eigenvalue weighted by atomic mass is 15.6. The van der Waals surface area contributed by atoms with Crippen molar-refractivity contribution < 1.29 is 9.15 Å². The average molecular weight is 272 g/mol. The van der Waals surface area contributed by atoms with Crippen LogP contribution in [0.1, 0.15) is 11.4 Å². The maximum Gasteiger partial charge on any atom is 0.552 e. The van der Waals surface area contributed by atoms with E-state index in [1.54, 1.807) is 0 Å². The Balaban J connectivity index is 1.87. The summed E-state index contributed by atoms with van der Waals surface area (Å²) in [6.07, 6.45) is 8.78. The second-order valence-corrected chi connectivity index (χ2v) is 5.72. The fourth-order valence-corrected chi connectivity index (χ4v) is 3.97. The van der Waals surface area contributed by atoms with E-state index in [0.29, 0.717) is 0 Å². The molecule has 21 heavy (non-hydrogen) atoms. The van der Waals surface area contributed by atoms with E-state index in [0.717, 1.165) is 0 Å². The molecule has 0 fully saturated rings. The van der Waals surface area contributed by atoms with Crippen molar-refractivity contribution >= 4 is 23.8 Å². The third-order valence-corrected chi connectivity index (χ3v) is 4.76. The Bertz CT molecular complexity index is 922. The van der Waals surface area contributed by atoms with Gasteiger partial charge in [0.1, 0.15) is 11.4 Å². The van der Waals surface area contributed by atoms with E-state index < -0.39 is 0 Å². The molecule has 1 aromatic carbocycles. The Morgan fingerprint density at radius 2 is 1.29 bits per heavy atom. The maximum absolute atomic E-state index is 2.35. The molecule has 3 aliphatic heterocycles. The predicted octanol–water partition coefficient (Wildman–Crippen LogP) is 2.27. The number of rotatable bonds is 0. The second kappa shape index (κ2) is 2.91. The van der Waals surface area contributed by atoms with Gasteiger partial charge in [-0.15, -0.1) is 0 Å². The summed E-state index contributed by atoms with van der Waals surface area (Å²) >= 11 is 0. The smallest absolute Gasteiger partial charge is 0.200 e. The van der Waals surface area contributed by atoms with E-state index in [1.165, 1.54) is 22.8 Å². The molecule has 0 atom stereocenters. The predicted molar refractivity (Wildman–Crippen MR) is 78.9 cm³/mol. The molecule has 1 spiro atoms. The molecule has 0 unspecified atom stereocenters. The summed E-state index contributed by atoms with van der Waals surface area (Å²) in [4.78, 5) is 0. The van der Waals surface area contributed by atoms with Gasteiger partial charge >= 0.3 is 5.91 Å². The lowest BCUT2D eigenvalue weighted by atomic mass is 10.2. The highest BCUT2D eigenvalue weighted by molar-refractivity contribution is 5.80. The van der Waals surface area contributed by atoms with Crippen LogP contribution in [0.3, 0.4) is 0 Å². The summed E-state index contributed by atoms with van der Waals surface area (Å²) in [6, 6.07) is 17.3. The lowest BCUT2D eigenvalue weighted by Crippen LogP contribution is -2.52. The van der Waals surface area contributed by atoms with Crippen molar-refractivity contribution in [1.29, 1.82) is 0 Å². The molecule has 4 nitrogen and oxygen atoms in total. The van der Waals surface area contributed by atoms with Crippen LogP contribution in [0.5, 0.6) is 0 Å². The Labute approximate surface area is 121 Å². The van der Waals surface area contributed by atoms with Crippen molar-refractivity contribution in [1.82, 2.24) is 9.13 Å². The van der Waals surface area contributed by atoms with Crippen molar-refractivity contribution in [3.8, 4) is 0 Å². The number of benzene rings is 1. The first-order valence-corrected chi connectivity index (χ1v) is 7.13. The third-order valence-electron chi connectivity index (χ3n) is 4.76. The van der Waals surface area contributed by atoms with E-state index in [1.807, 2.05) is 0 Å². The van der Waals surface area contributed by atoms with Crippen LogP contribution < -0.4 is 0 Å². The van der Waals surface area contributed by atoms with Crippen molar-refractivity contribution in [2.24, 2.45) is 0 Å². The average Bonchev–Trinajstić information content (AvgIpc) is 3.22. The number of nitrogens with zero attached hydrogens (tertiary/aromatic N) is 4. The minimum atomic E-state index is -0.377. The molecule has 2 bridgehead atoms. The van der Waals surface area contributed by atoms with Gasteiger partial charge in [-0.1, -0.05) is 9.15 Å². The minimum absolute atomic E-state index is 0.377. The van der Waals surface area contributed by atoms with Gasteiger partial charge in [0.25, 0.3) is 0 Å². The van der Waals surface area contributed by atoms with Gasteiger partial charge in [0, 0.05) is 24.5 Å². The maximum atomic E-state index is 2.35. The molecule has 6 rings (SSSR count). The van der Waals surface area contributed by atoms with Gasteiger partial charge in [0.15, 0.2) is 0 Å². The Morgan fingerprint density at radius 3 is 1.86 bits per heavy atom. The zero-order valence-corrected chi connectivity index (χ0v) is 11.2. The van der Waals surface area contributed by atoms with Crippen LogP contribution in [0.4, 0.5) is 11.4 Å². The monoisotopic (exact) mass is 272 g/mol. The molecule has 4 heteroatoms. The topological polar surface area (TPSA) is 15.9 Å². The largest absolute Gasteiger partial charge is 0.552 e. The molecule has 0 N–H and O–H groups in total. The number of fused-ring (bicyclic) bond motifs is 6. The van der Waals surface area contributed by atoms with Gasteiger partial charge in [0.05, 0.1) is 6.07 Å². The Morgan fingerprint density at radius 1 is 0.714 bits per heavy atom. The minimum Gasteiger partial charge on any atom is -0.200 e. The van der Waals surface area contributed by atoms with E-state index in [4.69, 9.17) is 0 Å². The van der Waals surface area contributed by atoms with Crippen LogP contribution in [0, 0.1) is 0 Å². The molecular weight excluding hydrogens is 260 g/mol. The normalized spacial score (nSPS) is 18.5. The first kappa shape index (κ1) is 9.94. The van der Waals surface area contributed by atoms with Crippen molar-refractivity contribution in [3.63, 3.8) is 0 Å². The lowest BCUT2D eigenvalue weighted by molar-refractivity contribution is -0.803. The third kappa shape index (κ3) is 0.869. The summed E-state index contributed by atoms with van der Waals surface area (Å²) in [5, 5.41) is 0. The number of hydrogen-bond donors (Lipinski definition) is 0. The van der Waals surface area contributed by atoms with Gasteiger partial charge in [-0.05, 0) is 30.3 Å². The fraction of sp³-hybridized carbons (Fsp3) is 0.0588. The molecule has 0 aliphatic carbocycles. The molecule has 3 aliphatic rings. The van der Waals surface area contributed by atoms with Crippen LogP contribution in [-0.2, 0) is 5.91 Å². The summed E-state index contributed by atoms with van der Waals surface area (Å²) in [6.45, 7) is 0. The molecule has 3 aromatic rings. The zero-order chi connectivity index (χ0) is 13.6. The van der Waals surface area contributed by atoms with E-state index in [2.05, 4.69) is 91.6 Å². The summed E-state index contributed by atoms with van der Waals surface area (Å²) in [7, 11) is 0. The second-order valence-electron chi connectivity index (χ2n) is 5.72. The SMILES string of the molecule is C1=[N+]2c3cccc(c3)[N+]3=Cc4cccn4C23n2cccc21. The van der Waals surface area contributed by atoms with Crippen molar-refractivity contribution in [3.05, 3.63) is 72.3 Å². The number of aromatic nitrogens is 2.